The van der Waals surface area contributed by atoms with Crippen LogP contribution in [0.2, 0.25) is 0 Å². The monoisotopic (exact) mass is 218 g/mol. The Morgan fingerprint density at radius 1 is 1.55 bits per heavy atom. The van der Waals surface area contributed by atoms with Crippen LogP contribution in [0.5, 0.6) is 0 Å². The predicted molar refractivity (Wildman–Crippen MR) is 46.6 cm³/mol. The van der Waals surface area contributed by atoms with Crippen LogP contribution in [-0.4, -0.2) is 0 Å². The lowest BCUT2D eigenvalue weighted by atomic mass is 10.2. The first-order valence-electron chi connectivity index (χ1n) is 3.07. The molecule has 0 atom stereocenters. The molecular formula is C7H8BrFN2. The number of nitrogens with one attached hydrogen (secondary N) is 1. The summed E-state index contributed by atoms with van der Waals surface area (Å²) in [4.78, 5) is 0. The van der Waals surface area contributed by atoms with Crippen LogP contribution in [0.4, 0.5) is 10.1 Å². The number of hydrazine groups is 1. The highest BCUT2D eigenvalue weighted by atomic mass is 79.9. The molecule has 0 aliphatic carbocycles. The normalized spacial score (nSPS) is 9.82. The van der Waals surface area contributed by atoms with Crippen molar-refractivity contribution in [1.82, 2.24) is 0 Å². The van der Waals surface area contributed by atoms with Crippen LogP contribution in [0.25, 0.3) is 0 Å². The summed E-state index contributed by atoms with van der Waals surface area (Å²) in [5.41, 5.74) is 3.69. The fourth-order valence-electron chi connectivity index (χ4n) is 0.810. The summed E-state index contributed by atoms with van der Waals surface area (Å²) in [6.07, 6.45) is 0. The van der Waals surface area contributed by atoms with Crippen molar-refractivity contribution in [2.75, 3.05) is 5.43 Å². The van der Waals surface area contributed by atoms with E-state index < -0.39 is 0 Å². The quantitative estimate of drug-likeness (QED) is 0.561. The molecule has 60 valence electrons. The number of hydrogen-bond donors (Lipinski definition) is 2. The number of halogens is 2. The van der Waals surface area contributed by atoms with E-state index in [1.54, 1.807) is 19.1 Å². The Morgan fingerprint density at radius 3 is 2.64 bits per heavy atom. The third-order valence-electron chi connectivity index (χ3n) is 1.38. The van der Waals surface area contributed by atoms with E-state index in [-0.39, 0.29) is 5.82 Å². The minimum Gasteiger partial charge on any atom is -0.324 e. The van der Waals surface area contributed by atoms with Gasteiger partial charge in [0.05, 0.1) is 10.2 Å². The van der Waals surface area contributed by atoms with Crippen molar-refractivity contribution in [3.8, 4) is 0 Å². The number of hydrogen-bond acceptors (Lipinski definition) is 2. The van der Waals surface area contributed by atoms with E-state index in [1.807, 2.05) is 0 Å². The van der Waals surface area contributed by atoms with Crippen LogP contribution >= 0.6 is 15.9 Å². The van der Waals surface area contributed by atoms with Crippen LogP contribution in [-0.2, 0) is 0 Å². The fourth-order valence-corrected chi connectivity index (χ4v) is 1.37. The first kappa shape index (κ1) is 8.49. The smallest absolute Gasteiger partial charge is 0.140 e. The first-order chi connectivity index (χ1) is 5.15. The van der Waals surface area contributed by atoms with Crippen molar-refractivity contribution in [3.63, 3.8) is 0 Å². The molecule has 0 aliphatic heterocycles. The molecule has 3 N–H and O–H groups in total. The summed E-state index contributed by atoms with van der Waals surface area (Å²) in [7, 11) is 0. The van der Waals surface area contributed by atoms with Crippen molar-refractivity contribution < 1.29 is 4.39 Å². The lowest BCUT2D eigenvalue weighted by Crippen LogP contribution is -2.07. The van der Waals surface area contributed by atoms with Gasteiger partial charge in [-0.1, -0.05) is 0 Å². The van der Waals surface area contributed by atoms with Gasteiger partial charge < -0.3 is 5.43 Å². The SMILES string of the molecule is Cc1cc(NN)cc(Br)c1F. The van der Waals surface area contributed by atoms with Crippen LogP contribution < -0.4 is 11.3 Å². The predicted octanol–water partition coefficient (Wildman–Crippen LogP) is 2.18. The van der Waals surface area contributed by atoms with E-state index in [0.29, 0.717) is 15.7 Å². The standard InChI is InChI=1S/C7H8BrFN2/c1-4-2-5(11-10)3-6(8)7(4)9/h2-3,11H,10H2,1H3. The van der Waals surface area contributed by atoms with Crippen molar-refractivity contribution in [2.24, 2.45) is 5.84 Å². The molecule has 11 heavy (non-hydrogen) atoms. The Labute approximate surface area is 72.7 Å². The molecule has 0 saturated carbocycles. The van der Waals surface area contributed by atoms with Gasteiger partial charge in [-0.15, -0.1) is 0 Å². The number of nitrogen functional groups attached to an aromatic ring is 1. The number of benzene rings is 1. The third-order valence-corrected chi connectivity index (χ3v) is 1.95. The van der Waals surface area contributed by atoms with Crippen molar-refractivity contribution in [3.05, 3.63) is 28.0 Å². The largest absolute Gasteiger partial charge is 0.324 e. The summed E-state index contributed by atoms with van der Waals surface area (Å²) in [5.74, 6) is 4.90. The van der Waals surface area contributed by atoms with E-state index in [2.05, 4.69) is 21.4 Å². The van der Waals surface area contributed by atoms with Gasteiger partial charge in [-0.3, -0.25) is 5.84 Å². The molecule has 2 nitrogen and oxygen atoms in total. The molecule has 0 heterocycles. The molecule has 0 radical (unpaired) electrons. The molecule has 0 spiro atoms. The number of rotatable bonds is 1. The van der Waals surface area contributed by atoms with Gasteiger partial charge in [0.2, 0.25) is 0 Å². The summed E-state index contributed by atoms with van der Waals surface area (Å²) in [6.45, 7) is 1.68. The van der Waals surface area contributed by atoms with Gasteiger partial charge in [-0.2, -0.15) is 0 Å². The molecule has 0 amide bonds. The Kier molecular flexibility index (Phi) is 2.46. The maximum atomic E-state index is 12.9. The highest BCUT2D eigenvalue weighted by Crippen LogP contribution is 2.22. The van der Waals surface area contributed by atoms with E-state index in [0.717, 1.165) is 0 Å². The van der Waals surface area contributed by atoms with Gasteiger partial charge in [-0.05, 0) is 40.5 Å². The van der Waals surface area contributed by atoms with Crippen LogP contribution in [0.1, 0.15) is 5.56 Å². The molecule has 4 heteroatoms. The second kappa shape index (κ2) is 3.19. The zero-order chi connectivity index (χ0) is 8.43. The highest BCUT2D eigenvalue weighted by Gasteiger charge is 2.03. The molecule has 1 rings (SSSR count). The average molecular weight is 219 g/mol. The van der Waals surface area contributed by atoms with Crippen molar-refractivity contribution >= 4 is 21.6 Å². The number of nitrogens with two attached hydrogens (primary N) is 1. The molecule has 0 saturated heterocycles. The van der Waals surface area contributed by atoms with Gasteiger partial charge in [0.1, 0.15) is 5.82 Å². The van der Waals surface area contributed by atoms with Gasteiger partial charge in [0.15, 0.2) is 0 Å². The molecular weight excluding hydrogens is 211 g/mol. The van der Waals surface area contributed by atoms with E-state index >= 15 is 0 Å². The van der Waals surface area contributed by atoms with Gasteiger partial charge >= 0.3 is 0 Å². The molecule has 0 bridgehead atoms. The van der Waals surface area contributed by atoms with Crippen LogP contribution in [0, 0.1) is 12.7 Å². The average Bonchev–Trinajstić information content (AvgIpc) is 1.99. The Hall–Kier alpha value is -0.610. The summed E-state index contributed by atoms with van der Waals surface area (Å²) in [6, 6.07) is 3.22. The first-order valence-corrected chi connectivity index (χ1v) is 3.86. The molecule has 0 unspecified atom stereocenters. The Bertz CT molecular complexity index is 252. The van der Waals surface area contributed by atoms with Gasteiger partial charge in [0, 0.05) is 0 Å². The minimum atomic E-state index is -0.246. The Morgan fingerprint density at radius 2 is 2.18 bits per heavy atom. The maximum absolute atomic E-state index is 12.9. The zero-order valence-electron chi connectivity index (χ0n) is 5.99. The lowest BCUT2D eigenvalue weighted by Gasteiger charge is -2.03. The minimum absolute atomic E-state index is 0.246. The number of aryl methyl sites for hydroxylation is 1. The zero-order valence-corrected chi connectivity index (χ0v) is 7.57. The van der Waals surface area contributed by atoms with Gasteiger partial charge in [-0.25, -0.2) is 4.39 Å². The van der Waals surface area contributed by atoms with E-state index in [1.165, 1.54) is 0 Å². The molecule has 0 aliphatic rings. The summed E-state index contributed by atoms with van der Waals surface area (Å²) < 4.78 is 13.4. The van der Waals surface area contributed by atoms with E-state index in [4.69, 9.17) is 5.84 Å². The molecule has 0 aromatic heterocycles. The topological polar surface area (TPSA) is 38.0 Å². The highest BCUT2D eigenvalue weighted by molar-refractivity contribution is 9.10. The van der Waals surface area contributed by atoms with Crippen LogP contribution in [0.3, 0.4) is 0 Å². The Balaban J connectivity index is 3.21. The van der Waals surface area contributed by atoms with Crippen LogP contribution in [0.15, 0.2) is 16.6 Å². The lowest BCUT2D eigenvalue weighted by molar-refractivity contribution is 0.612. The second-order valence-corrected chi connectivity index (χ2v) is 3.09. The summed E-state index contributed by atoms with van der Waals surface area (Å²) >= 11 is 3.07. The second-order valence-electron chi connectivity index (χ2n) is 2.23. The third kappa shape index (κ3) is 1.70. The molecule has 1 aromatic carbocycles. The summed E-state index contributed by atoms with van der Waals surface area (Å²) in [5, 5.41) is 0. The van der Waals surface area contributed by atoms with E-state index in [9.17, 15) is 4.39 Å². The number of anilines is 1. The van der Waals surface area contributed by atoms with Crippen molar-refractivity contribution in [1.29, 1.82) is 0 Å². The maximum Gasteiger partial charge on any atom is 0.140 e. The fraction of sp³-hybridized carbons (Fsp3) is 0.143. The molecule has 1 aromatic rings. The molecule has 0 fully saturated rings. The van der Waals surface area contributed by atoms with Crippen molar-refractivity contribution in [2.45, 2.75) is 6.92 Å². The van der Waals surface area contributed by atoms with Gasteiger partial charge in [0.25, 0.3) is 0 Å².